The number of nitrogens with two attached hydrogens (primary N) is 1. The van der Waals surface area contributed by atoms with Crippen LogP contribution in [0, 0.1) is 5.92 Å². The lowest BCUT2D eigenvalue weighted by atomic mass is 10.2. The van der Waals surface area contributed by atoms with Gasteiger partial charge >= 0.3 is 11.3 Å². The van der Waals surface area contributed by atoms with E-state index in [9.17, 15) is 9.59 Å². The summed E-state index contributed by atoms with van der Waals surface area (Å²) in [6.45, 7) is 5.32. The molecule has 7 heteroatoms. The average Bonchev–Trinajstić information content (AvgIpc) is 2.14. The summed E-state index contributed by atoms with van der Waals surface area (Å²) < 4.78 is 9.63. The highest BCUT2D eigenvalue weighted by Crippen LogP contribution is 2.09. The van der Waals surface area contributed by atoms with Crippen molar-refractivity contribution in [2.75, 3.05) is 12.3 Å². The summed E-state index contributed by atoms with van der Waals surface area (Å²) in [7, 11) is 0. The van der Waals surface area contributed by atoms with E-state index in [1.807, 2.05) is 0 Å². The van der Waals surface area contributed by atoms with Crippen LogP contribution in [0.25, 0.3) is 0 Å². The lowest BCUT2D eigenvalue weighted by Gasteiger charge is -2.14. The molecule has 96 valence electrons. The van der Waals surface area contributed by atoms with E-state index in [0.29, 0.717) is 12.3 Å². The average molecular weight is 272 g/mol. The molecule has 0 amide bonds. The number of carbonyl (C=O) groups excluding carboxylic acids is 2. The SMILES string of the molecule is CC(OC(=O)SCCN)OC(=O)C(C)C.Cl. The standard InChI is InChI=1S/C9H17NO4S.ClH/c1-6(2)8(11)13-7(3)14-9(12)15-5-4-10;/h6-7H,4-5,10H2,1-3H3;1H. The molecule has 0 radical (unpaired) electrons. The van der Waals surface area contributed by atoms with E-state index in [0.717, 1.165) is 11.8 Å². The van der Waals surface area contributed by atoms with Crippen molar-refractivity contribution < 1.29 is 19.1 Å². The van der Waals surface area contributed by atoms with Gasteiger partial charge in [-0.2, -0.15) is 0 Å². The second kappa shape index (κ2) is 9.74. The largest absolute Gasteiger partial charge is 0.425 e. The molecule has 0 aromatic carbocycles. The van der Waals surface area contributed by atoms with Gasteiger partial charge in [0.25, 0.3) is 0 Å². The molecule has 1 unspecified atom stereocenters. The van der Waals surface area contributed by atoms with Crippen LogP contribution in [0.1, 0.15) is 20.8 Å². The van der Waals surface area contributed by atoms with Gasteiger partial charge in [0.2, 0.25) is 6.29 Å². The fraction of sp³-hybridized carbons (Fsp3) is 0.778. The summed E-state index contributed by atoms with van der Waals surface area (Å²) in [4.78, 5) is 22.2. The number of halogens is 1. The van der Waals surface area contributed by atoms with E-state index in [1.165, 1.54) is 6.92 Å². The first-order valence-electron chi connectivity index (χ1n) is 4.71. The van der Waals surface area contributed by atoms with Crippen molar-refractivity contribution >= 4 is 35.4 Å². The number of esters is 1. The topological polar surface area (TPSA) is 78.6 Å². The summed E-state index contributed by atoms with van der Waals surface area (Å²) in [6, 6.07) is 0. The maximum Gasteiger partial charge on any atom is 0.370 e. The summed E-state index contributed by atoms with van der Waals surface area (Å²) in [6.07, 6.45) is -0.849. The monoisotopic (exact) mass is 271 g/mol. The lowest BCUT2D eigenvalue weighted by Crippen LogP contribution is -2.23. The number of rotatable bonds is 5. The van der Waals surface area contributed by atoms with Crippen LogP contribution in [-0.4, -0.2) is 29.9 Å². The Morgan fingerprint density at radius 3 is 2.25 bits per heavy atom. The number of hydrogen-bond acceptors (Lipinski definition) is 6. The Morgan fingerprint density at radius 2 is 1.81 bits per heavy atom. The second-order valence-electron chi connectivity index (χ2n) is 3.16. The van der Waals surface area contributed by atoms with E-state index in [-0.39, 0.29) is 24.3 Å². The predicted octanol–water partition coefficient (Wildman–Crippen LogP) is 1.78. The van der Waals surface area contributed by atoms with E-state index in [2.05, 4.69) is 0 Å². The van der Waals surface area contributed by atoms with Gasteiger partial charge in [-0.05, 0) is 11.8 Å². The first-order chi connectivity index (χ1) is 6.97. The van der Waals surface area contributed by atoms with Crippen LogP contribution >= 0.6 is 24.2 Å². The van der Waals surface area contributed by atoms with Gasteiger partial charge in [0, 0.05) is 19.2 Å². The highest BCUT2D eigenvalue weighted by atomic mass is 35.5. The van der Waals surface area contributed by atoms with Crippen LogP contribution in [0.2, 0.25) is 0 Å². The molecule has 0 saturated carbocycles. The smallest absolute Gasteiger partial charge is 0.370 e. The molecule has 0 aromatic heterocycles. The van der Waals surface area contributed by atoms with Crippen LogP contribution < -0.4 is 5.73 Å². The minimum Gasteiger partial charge on any atom is -0.425 e. The molecule has 0 aromatic rings. The Hall–Kier alpha value is -0.460. The molecule has 5 nitrogen and oxygen atoms in total. The Bertz CT molecular complexity index is 226. The maximum absolute atomic E-state index is 11.1. The Kier molecular flexibility index (Phi) is 10.9. The molecule has 0 bridgehead atoms. The van der Waals surface area contributed by atoms with E-state index in [1.54, 1.807) is 13.8 Å². The Morgan fingerprint density at radius 1 is 1.25 bits per heavy atom. The van der Waals surface area contributed by atoms with Crippen molar-refractivity contribution in [2.45, 2.75) is 27.1 Å². The van der Waals surface area contributed by atoms with Crippen molar-refractivity contribution in [3.05, 3.63) is 0 Å². The van der Waals surface area contributed by atoms with Crippen LogP contribution in [0.5, 0.6) is 0 Å². The molecule has 0 rings (SSSR count). The molecular weight excluding hydrogens is 254 g/mol. The van der Waals surface area contributed by atoms with Crippen LogP contribution in [-0.2, 0) is 14.3 Å². The van der Waals surface area contributed by atoms with Gasteiger partial charge in [0.15, 0.2) is 0 Å². The minimum atomic E-state index is -0.849. The predicted molar refractivity (Wildman–Crippen MR) is 65.6 cm³/mol. The van der Waals surface area contributed by atoms with Crippen LogP contribution in [0.3, 0.4) is 0 Å². The first kappa shape index (κ1) is 17.9. The lowest BCUT2D eigenvalue weighted by molar-refractivity contribution is -0.167. The number of carbonyl (C=O) groups is 2. The molecule has 2 N–H and O–H groups in total. The van der Waals surface area contributed by atoms with E-state index < -0.39 is 11.6 Å². The van der Waals surface area contributed by atoms with Crippen molar-refractivity contribution in [3.8, 4) is 0 Å². The third kappa shape index (κ3) is 8.82. The van der Waals surface area contributed by atoms with E-state index >= 15 is 0 Å². The van der Waals surface area contributed by atoms with Crippen molar-refractivity contribution in [3.63, 3.8) is 0 Å². The fourth-order valence-electron chi connectivity index (χ4n) is 0.636. The summed E-state index contributed by atoms with van der Waals surface area (Å²) in [5, 5.41) is -0.482. The van der Waals surface area contributed by atoms with E-state index in [4.69, 9.17) is 15.2 Å². The molecule has 0 aliphatic rings. The fourth-order valence-corrected chi connectivity index (χ4v) is 1.12. The zero-order valence-corrected chi connectivity index (χ0v) is 11.2. The number of hydrogen-bond donors (Lipinski definition) is 1. The maximum atomic E-state index is 11.1. The molecular formula is C9H18ClNO4S. The van der Waals surface area contributed by atoms with Gasteiger partial charge in [-0.1, -0.05) is 13.8 Å². The van der Waals surface area contributed by atoms with Crippen molar-refractivity contribution in [2.24, 2.45) is 11.7 Å². The summed E-state index contributed by atoms with van der Waals surface area (Å²) in [5.74, 6) is -0.133. The molecule has 0 heterocycles. The van der Waals surface area contributed by atoms with Crippen molar-refractivity contribution in [1.82, 2.24) is 0 Å². The Labute approximate surface area is 106 Å². The first-order valence-corrected chi connectivity index (χ1v) is 5.70. The third-order valence-corrected chi connectivity index (χ3v) is 2.13. The van der Waals surface area contributed by atoms with Gasteiger partial charge in [-0.3, -0.25) is 4.79 Å². The van der Waals surface area contributed by atoms with Gasteiger partial charge in [-0.15, -0.1) is 12.4 Å². The van der Waals surface area contributed by atoms with Crippen LogP contribution in [0.4, 0.5) is 4.79 Å². The molecule has 0 fully saturated rings. The molecule has 1 atom stereocenters. The van der Waals surface area contributed by atoms with Gasteiger partial charge in [0.05, 0.1) is 5.92 Å². The van der Waals surface area contributed by atoms with Crippen molar-refractivity contribution in [1.29, 1.82) is 0 Å². The number of ether oxygens (including phenoxy) is 2. The number of thioether (sulfide) groups is 1. The van der Waals surface area contributed by atoms with Gasteiger partial charge in [0.1, 0.15) is 0 Å². The quantitative estimate of drug-likeness (QED) is 0.607. The third-order valence-electron chi connectivity index (χ3n) is 1.35. The zero-order valence-electron chi connectivity index (χ0n) is 9.60. The Balaban J connectivity index is 0. The molecule has 0 saturated heterocycles. The molecule has 0 spiro atoms. The van der Waals surface area contributed by atoms with Crippen LogP contribution in [0.15, 0.2) is 0 Å². The molecule has 0 aliphatic heterocycles. The highest BCUT2D eigenvalue weighted by Gasteiger charge is 2.16. The highest BCUT2D eigenvalue weighted by molar-refractivity contribution is 8.13. The summed E-state index contributed by atoms with van der Waals surface area (Å²) >= 11 is 0.963. The second-order valence-corrected chi connectivity index (χ2v) is 4.19. The normalized spacial score (nSPS) is 11.6. The zero-order chi connectivity index (χ0) is 11.8. The summed E-state index contributed by atoms with van der Waals surface area (Å²) in [5.41, 5.74) is 5.21. The molecule has 16 heavy (non-hydrogen) atoms. The van der Waals surface area contributed by atoms with Gasteiger partial charge < -0.3 is 15.2 Å². The molecule has 0 aliphatic carbocycles. The van der Waals surface area contributed by atoms with Gasteiger partial charge in [-0.25, -0.2) is 4.79 Å². The minimum absolute atomic E-state index is 0.